The molecule has 1 aromatic rings. The first-order valence-electron chi connectivity index (χ1n) is 4.78. The van der Waals surface area contributed by atoms with E-state index < -0.39 is 0 Å². The van der Waals surface area contributed by atoms with E-state index in [0.717, 1.165) is 28.6 Å². The number of rotatable bonds is 2. The molecule has 0 radical (unpaired) electrons. The van der Waals surface area contributed by atoms with Crippen LogP contribution in [0.4, 0.5) is 0 Å². The van der Waals surface area contributed by atoms with E-state index >= 15 is 0 Å². The van der Waals surface area contributed by atoms with Crippen LogP contribution >= 0.6 is 15.9 Å². The highest BCUT2D eigenvalue weighted by atomic mass is 79.9. The van der Waals surface area contributed by atoms with Gasteiger partial charge in [0.1, 0.15) is 6.10 Å². The Morgan fingerprint density at radius 1 is 1.43 bits per heavy atom. The van der Waals surface area contributed by atoms with Gasteiger partial charge in [-0.05, 0) is 24.1 Å². The van der Waals surface area contributed by atoms with E-state index in [4.69, 9.17) is 4.84 Å². The SMILES string of the molecule is CC[C@H]1CC(c2ccc(Br)cc2)=NO1. The topological polar surface area (TPSA) is 21.6 Å². The van der Waals surface area contributed by atoms with Gasteiger partial charge in [-0.25, -0.2) is 0 Å². The smallest absolute Gasteiger partial charge is 0.133 e. The van der Waals surface area contributed by atoms with E-state index in [0.29, 0.717) is 0 Å². The van der Waals surface area contributed by atoms with E-state index in [2.05, 4.69) is 40.1 Å². The summed E-state index contributed by atoms with van der Waals surface area (Å²) in [5, 5.41) is 4.09. The van der Waals surface area contributed by atoms with E-state index in [9.17, 15) is 0 Å². The average molecular weight is 254 g/mol. The summed E-state index contributed by atoms with van der Waals surface area (Å²) in [7, 11) is 0. The van der Waals surface area contributed by atoms with Crippen molar-refractivity contribution in [3.8, 4) is 0 Å². The van der Waals surface area contributed by atoms with Crippen LogP contribution in [-0.4, -0.2) is 11.8 Å². The molecule has 0 aromatic heterocycles. The van der Waals surface area contributed by atoms with E-state index in [1.807, 2.05) is 12.1 Å². The molecule has 0 N–H and O–H groups in total. The number of benzene rings is 1. The fraction of sp³-hybridized carbons (Fsp3) is 0.364. The Balaban J connectivity index is 2.13. The van der Waals surface area contributed by atoms with Gasteiger partial charge in [-0.15, -0.1) is 0 Å². The summed E-state index contributed by atoms with van der Waals surface area (Å²) in [6.45, 7) is 2.12. The first kappa shape index (κ1) is 9.71. The van der Waals surface area contributed by atoms with Crippen LogP contribution in [0.25, 0.3) is 0 Å². The molecule has 1 aromatic carbocycles. The summed E-state index contributed by atoms with van der Waals surface area (Å²) in [5.41, 5.74) is 2.22. The Morgan fingerprint density at radius 2 is 2.14 bits per heavy atom. The second-order valence-electron chi connectivity index (χ2n) is 3.38. The Hall–Kier alpha value is -0.830. The molecule has 1 aliphatic rings. The fourth-order valence-corrected chi connectivity index (χ4v) is 1.72. The van der Waals surface area contributed by atoms with Crippen molar-refractivity contribution in [2.24, 2.45) is 5.16 Å². The number of oxime groups is 1. The largest absolute Gasteiger partial charge is 0.392 e. The van der Waals surface area contributed by atoms with Crippen LogP contribution in [0, 0.1) is 0 Å². The Bertz CT molecular complexity index is 345. The molecule has 2 rings (SSSR count). The summed E-state index contributed by atoms with van der Waals surface area (Å²) in [6, 6.07) is 8.17. The standard InChI is InChI=1S/C11H12BrNO/c1-2-10-7-11(13-14-10)8-3-5-9(12)6-4-8/h3-6,10H,2,7H2,1H3/t10-/m0/s1. The molecule has 0 spiro atoms. The van der Waals surface area contributed by atoms with Gasteiger partial charge in [-0.3, -0.25) is 0 Å². The van der Waals surface area contributed by atoms with Crippen LogP contribution in [0.1, 0.15) is 25.3 Å². The number of hydrogen-bond donors (Lipinski definition) is 0. The molecule has 0 unspecified atom stereocenters. The number of nitrogens with zero attached hydrogens (tertiary/aromatic N) is 1. The number of halogens is 1. The van der Waals surface area contributed by atoms with Crippen molar-refractivity contribution in [2.45, 2.75) is 25.9 Å². The van der Waals surface area contributed by atoms with Gasteiger partial charge in [0.05, 0.1) is 5.71 Å². The molecule has 74 valence electrons. The average Bonchev–Trinajstić information content (AvgIpc) is 2.67. The van der Waals surface area contributed by atoms with E-state index in [1.165, 1.54) is 0 Å². The second-order valence-corrected chi connectivity index (χ2v) is 4.30. The van der Waals surface area contributed by atoms with Crippen LogP contribution in [0.2, 0.25) is 0 Å². The van der Waals surface area contributed by atoms with Gasteiger partial charge < -0.3 is 4.84 Å². The highest BCUT2D eigenvalue weighted by Crippen LogP contribution is 2.19. The van der Waals surface area contributed by atoms with Gasteiger partial charge in [0, 0.05) is 10.9 Å². The minimum atomic E-state index is 0.272. The zero-order valence-corrected chi connectivity index (χ0v) is 9.62. The molecule has 14 heavy (non-hydrogen) atoms. The number of hydrogen-bond acceptors (Lipinski definition) is 2. The third kappa shape index (κ3) is 1.98. The van der Waals surface area contributed by atoms with Crippen molar-refractivity contribution in [3.63, 3.8) is 0 Å². The van der Waals surface area contributed by atoms with Crippen LogP contribution in [0.15, 0.2) is 33.9 Å². The van der Waals surface area contributed by atoms with Crippen LogP contribution in [0.3, 0.4) is 0 Å². The normalized spacial score (nSPS) is 20.4. The van der Waals surface area contributed by atoms with Gasteiger partial charge in [0.15, 0.2) is 0 Å². The third-order valence-electron chi connectivity index (χ3n) is 2.37. The third-order valence-corrected chi connectivity index (χ3v) is 2.89. The van der Waals surface area contributed by atoms with Gasteiger partial charge in [0.2, 0.25) is 0 Å². The Kier molecular flexibility index (Phi) is 2.87. The summed E-state index contributed by atoms with van der Waals surface area (Å²) in [4.78, 5) is 5.28. The van der Waals surface area contributed by atoms with Gasteiger partial charge in [0.25, 0.3) is 0 Å². The van der Waals surface area contributed by atoms with Crippen molar-refractivity contribution < 1.29 is 4.84 Å². The van der Waals surface area contributed by atoms with E-state index in [1.54, 1.807) is 0 Å². The zero-order valence-electron chi connectivity index (χ0n) is 8.03. The molecular weight excluding hydrogens is 242 g/mol. The summed E-state index contributed by atoms with van der Waals surface area (Å²) in [5.74, 6) is 0. The molecule has 3 heteroatoms. The molecule has 1 heterocycles. The maximum absolute atomic E-state index is 5.28. The Morgan fingerprint density at radius 3 is 2.71 bits per heavy atom. The van der Waals surface area contributed by atoms with Gasteiger partial charge in [-0.2, -0.15) is 0 Å². The molecular formula is C11H12BrNO. The summed E-state index contributed by atoms with van der Waals surface area (Å²) in [6.07, 6.45) is 2.22. The van der Waals surface area contributed by atoms with Crippen molar-refractivity contribution in [1.82, 2.24) is 0 Å². The van der Waals surface area contributed by atoms with Crippen LogP contribution < -0.4 is 0 Å². The maximum Gasteiger partial charge on any atom is 0.133 e. The van der Waals surface area contributed by atoms with Crippen molar-refractivity contribution in [3.05, 3.63) is 34.3 Å². The molecule has 0 saturated heterocycles. The summed E-state index contributed by atoms with van der Waals surface area (Å²) < 4.78 is 1.09. The lowest BCUT2D eigenvalue weighted by Crippen LogP contribution is -2.06. The lowest BCUT2D eigenvalue weighted by atomic mass is 10.0. The minimum absolute atomic E-state index is 0.272. The molecule has 0 fully saturated rings. The molecule has 0 saturated carbocycles. The van der Waals surface area contributed by atoms with Gasteiger partial charge in [-0.1, -0.05) is 40.1 Å². The predicted molar refractivity (Wildman–Crippen MR) is 60.5 cm³/mol. The monoisotopic (exact) mass is 253 g/mol. The fourth-order valence-electron chi connectivity index (χ4n) is 1.46. The quantitative estimate of drug-likeness (QED) is 0.793. The summed E-state index contributed by atoms with van der Waals surface area (Å²) >= 11 is 3.41. The molecule has 1 atom stereocenters. The lowest BCUT2D eigenvalue weighted by Gasteiger charge is -2.02. The predicted octanol–water partition coefficient (Wildman–Crippen LogP) is 3.35. The molecule has 2 nitrogen and oxygen atoms in total. The van der Waals surface area contributed by atoms with Crippen molar-refractivity contribution >= 4 is 21.6 Å². The first-order valence-corrected chi connectivity index (χ1v) is 5.57. The molecule has 0 amide bonds. The van der Waals surface area contributed by atoms with Crippen molar-refractivity contribution in [1.29, 1.82) is 0 Å². The maximum atomic E-state index is 5.28. The van der Waals surface area contributed by atoms with Gasteiger partial charge >= 0.3 is 0 Å². The van der Waals surface area contributed by atoms with E-state index in [-0.39, 0.29) is 6.10 Å². The second kappa shape index (κ2) is 4.13. The first-order chi connectivity index (χ1) is 6.79. The molecule has 1 aliphatic heterocycles. The molecule has 0 bridgehead atoms. The highest BCUT2D eigenvalue weighted by molar-refractivity contribution is 9.10. The minimum Gasteiger partial charge on any atom is -0.392 e. The molecule has 0 aliphatic carbocycles. The van der Waals surface area contributed by atoms with Crippen molar-refractivity contribution in [2.75, 3.05) is 0 Å². The highest BCUT2D eigenvalue weighted by Gasteiger charge is 2.19. The van der Waals surface area contributed by atoms with Crippen LogP contribution in [0.5, 0.6) is 0 Å². The Labute approximate surface area is 92.1 Å². The van der Waals surface area contributed by atoms with Crippen LogP contribution in [-0.2, 0) is 4.84 Å². The zero-order chi connectivity index (χ0) is 9.97. The lowest BCUT2D eigenvalue weighted by molar-refractivity contribution is 0.0829.